The lowest BCUT2D eigenvalue weighted by molar-refractivity contribution is -0.120. The molecule has 1 aromatic carbocycles. The lowest BCUT2D eigenvalue weighted by Gasteiger charge is -2.06. The Hall–Kier alpha value is -1.87. The zero-order chi connectivity index (χ0) is 14.8. The van der Waals surface area contributed by atoms with Crippen molar-refractivity contribution in [1.29, 1.82) is 5.26 Å². The molecule has 0 aliphatic carbocycles. The summed E-state index contributed by atoms with van der Waals surface area (Å²) in [6.45, 7) is 0.960. The lowest BCUT2D eigenvalue weighted by Crippen LogP contribution is -2.30. The molecular weight excluding hydrogens is 322 g/mol. The first-order valence-corrected chi connectivity index (χ1v) is 7.06. The average molecular weight is 338 g/mol. The van der Waals surface area contributed by atoms with Gasteiger partial charge in [0, 0.05) is 17.6 Å². The van der Waals surface area contributed by atoms with E-state index < -0.39 is 0 Å². The van der Waals surface area contributed by atoms with Crippen LogP contribution in [0.2, 0.25) is 0 Å². The molecule has 0 unspecified atom stereocenters. The summed E-state index contributed by atoms with van der Waals surface area (Å²) in [5.74, 6) is -0.329. The van der Waals surface area contributed by atoms with E-state index in [0.717, 1.165) is 10.0 Å². The zero-order valence-electron chi connectivity index (χ0n) is 11.0. The maximum Gasteiger partial charge on any atom is 0.234 e. The summed E-state index contributed by atoms with van der Waals surface area (Å²) in [7, 11) is 0. The smallest absolute Gasteiger partial charge is 0.234 e. The molecule has 2 N–H and O–H groups in total. The molecule has 6 heteroatoms. The van der Waals surface area contributed by atoms with Crippen LogP contribution < -0.4 is 10.6 Å². The highest BCUT2D eigenvalue weighted by molar-refractivity contribution is 9.10. The average Bonchev–Trinajstić information content (AvgIpc) is 2.41. The molecule has 0 fully saturated rings. The van der Waals surface area contributed by atoms with Crippen LogP contribution in [-0.2, 0) is 16.0 Å². The van der Waals surface area contributed by atoms with Gasteiger partial charge in [0.1, 0.15) is 6.42 Å². The first kappa shape index (κ1) is 16.2. The standard InChI is InChI=1S/C14H16BrN3O2/c15-12-4-2-11(3-5-12)10-14(20)18-9-1-8-17-13(19)6-7-16/h2-5H,1,6,8-10H2,(H,17,19)(H,18,20). The van der Waals surface area contributed by atoms with E-state index in [2.05, 4.69) is 26.6 Å². The highest BCUT2D eigenvalue weighted by Gasteiger charge is 2.03. The number of carbonyl (C=O) groups excluding carboxylic acids is 2. The fourth-order valence-electron chi connectivity index (χ4n) is 1.53. The molecule has 0 radical (unpaired) electrons. The molecule has 0 aliphatic heterocycles. The van der Waals surface area contributed by atoms with Crippen LogP contribution >= 0.6 is 15.9 Å². The number of amides is 2. The van der Waals surface area contributed by atoms with Gasteiger partial charge < -0.3 is 10.6 Å². The third-order valence-corrected chi connectivity index (χ3v) is 3.04. The van der Waals surface area contributed by atoms with Crippen LogP contribution in [0.5, 0.6) is 0 Å². The van der Waals surface area contributed by atoms with E-state index >= 15 is 0 Å². The second kappa shape index (κ2) is 9.10. The third-order valence-electron chi connectivity index (χ3n) is 2.52. The van der Waals surface area contributed by atoms with Gasteiger partial charge in [0.2, 0.25) is 11.8 Å². The van der Waals surface area contributed by atoms with Crippen LogP contribution in [0.4, 0.5) is 0 Å². The SMILES string of the molecule is N#CCC(=O)NCCCNC(=O)Cc1ccc(Br)cc1. The molecule has 2 amide bonds. The molecule has 0 saturated heterocycles. The summed E-state index contributed by atoms with van der Waals surface area (Å²) in [6.07, 6.45) is 0.854. The van der Waals surface area contributed by atoms with Crippen molar-refractivity contribution < 1.29 is 9.59 Å². The van der Waals surface area contributed by atoms with Crippen molar-refractivity contribution in [1.82, 2.24) is 10.6 Å². The molecule has 20 heavy (non-hydrogen) atoms. The van der Waals surface area contributed by atoms with Gasteiger partial charge in [0.15, 0.2) is 0 Å². The minimum atomic E-state index is -0.284. The largest absolute Gasteiger partial charge is 0.356 e. The predicted octanol–water partition coefficient (Wildman–Crippen LogP) is 1.53. The van der Waals surface area contributed by atoms with E-state index in [4.69, 9.17) is 5.26 Å². The molecule has 0 aromatic heterocycles. The van der Waals surface area contributed by atoms with Gasteiger partial charge in [-0.2, -0.15) is 5.26 Å². The fourth-order valence-corrected chi connectivity index (χ4v) is 1.79. The number of hydrogen-bond donors (Lipinski definition) is 2. The van der Waals surface area contributed by atoms with E-state index in [1.54, 1.807) is 6.07 Å². The minimum Gasteiger partial charge on any atom is -0.356 e. The Kier molecular flexibility index (Phi) is 7.36. The van der Waals surface area contributed by atoms with Gasteiger partial charge in [-0.3, -0.25) is 9.59 Å². The number of rotatable bonds is 7. The zero-order valence-corrected chi connectivity index (χ0v) is 12.6. The molecular formula is C14H16BrN3O2. The van der Waals surface area contributed by atoms with Gasteiger partial charge in [-0.1, -0.05) is 28.1 Å². The number of carbonyl (C=O) groups is 2. The number of benzene rings is 1. The van der Waals surface area contributed by atoms with Crippen LogP contribution in [0, 0.1) is 11.3 Å². The molecule has 0 aliphatic rings. The molecule has 1 aromatic rings. The van der Waals surface area contributed by atoms with Crippen molar-refractivity contribution in [2.24, 2.45) is 0 Å². The van der Waals surface area contributed by atoms with Crippen LogP contribution in [0.3, 0.4) is 0 Å². The predicted molar refractivity (Wildman–Crippen MR) is 78.7 cm³/mol. The topological polar surface area (TPSA) is 82.0 Å². The summed E-state index contributed by atoms with van der Waals surface area (Å²) in [5, 5.41) is 13.7. The van der Waals surface area contributed by atoms with Crippen molar-refractivity contribution in [2.45, 2.75) is 19.3 Å². The van der Waals surface area contributed by atoms with Gasteiger partial charge in [-0.05, 0) is 24.1 Å². The second-order valence-electron chi connectivity index (χ2n) is 4.19. The molecule has 0 saturated carbocycles. The maximum absolute atomic E-state index is 11.6. The van der Waals surface area contributed by atoms with E-state index in [0.29, 0.717) is 25.9 Å². The van der Waals surface area contributed by atoms with E-state index in [-0.39, 0.29) is 18.2 Å². The second-order valence-corrected chi connectivity index (χ2v) is 5.11. The fraction of sp³-hybridized carbons (Fsp3) is 0.357. The lowest BCUT2D eigenvalue weighted by atomic mass is 10.1. The summed E-state index contributed by atoms with van der Waals surface area (Å²) in [4.78, 5) is 22.6. The molecule has 0 atom stereocenters. The normalized spacial score (nSPS) is 9.60. The first-order valence-electron chi connectivity index (χ1n) is 6.26. The van der Waals surface area contributed by atoms with Gasteiger partial charge >= 0.3 is 0 Å². The van der Waals surface area contributed by atoms with Crippen molar-refractivity contribution >= 4 is 27.7 Å². The molecule has 0 spiro atoms. The Morgan fingerprint density at radius 2 is 1.70 bits per heavy atom. The van der Waals surface area contributed by atoms with Crippen LogP contribution in [0.15, 0.2) is 28.7 Å². The maximum atomic E-state index is 11.6. The van der Waals surface area contributed by atoms with Crippen LogP contribution in [-0.4, -0.2) is 24.9 Å². The van der Waals surface area contributed by atoms with Gasteiger partial charge in [0.05, 0.1) is 12.5 Å². The monoisotopic (exact) mass is 337 g/mol. The van der Waals surface area contributed by atoms with Crippen LogP contribution in [0.25, 0.3) is 0 Å². The van der Waals surface area contributed by atoms with Gasteiger partial charge in [0.25, 0.3) is 0 Å². The molecule has 106 valence electrons. The minimum absolute atomic E-state index is 0.0457. The van der Waals surface area contributed by atoms with Crippen molar-refractivity contribution in [3.63, 3.8) is 0 Å². The number of nitriles is 1. The number of halogens is 1. The quantitative estimate of drug-likeness (QED) is 0.740. The van der Waals surface area contributed by atoms with Crippen LogP contribution in [0.1, 0.15) is 18.4 Å². The summed E-state index contributed by atoms with van der Waals surface area (Å²) in [6, 6.07) is 9.35. The molecule has 5 nitrogen and oxygen atoms in total. The number of nitrogens with one attached hydrogen (secondary N) is 2. The Morgan fingerprint density at radius 3 is 2.30 bits per heavy atom. The third kappa shape index (κ3) is 6.90. The number of hydrogen-bond acceptors (Lipinski definition) is 3. The Morgan fingerprint density at radius 1 is 1.10 bits per heavy atom. The highest BCUT2D eigenvalue weighted by atomic mass is 79.9. The van der Waals surface area contributed by atoms with E-state index in [9.17, 15) is 9.59 Å². The van der Waals surface area contributed by atoms with Crippen molar-refractivity contribution in [2.75, 3.05) is 13.1 Å². The first-order chi connectivity index (χ1) is 9.61. The highest BCUT2D eigenvalue weighted by Crippen LogP contribution is 2.10. The molecule has 1 rings (SSSR count). The van der Waals surface area contributed by atoms with Gasteiger partial charge in [-0.15, -0.1) is 0 Å². The Labute approximate surface area is 126 Å². The van der Waals surface area contributed by atoms with E-state index in [1.165, 1.54) is 0 Å². The number of nitrogens with zero attached hydrogens (tertiary/aromatic N) is 1. The van der Waals surface area contributed by atoms with Crippen molar-refractivity contribution in [3.8, 4) is 6.07 Å². The van der Waals surface area contributed by atoms with Crippen molar-refractivity contribution in [3.05, 3.63) is 34.3 Å². The summed E-state index contributed by atoms with van der Waals surface area (Å²) in [5.41, 5.74) is 0.952. The summed E-state index contributed by atoms with van der Waals surface area (Å²) < 4.78 is 0.981. The summed E-state index contributed by atoms with van der Waals surface area (Å²) >= 11 is 3.34. The molecule has 0 bridgehead atoms. The van der Waals surface area contributed by atoms with Gasteiger partial charge in [-0.25, -0.2) is 0 Å². The van der Waals surface area contributed by atoms with E-state index in [1.807, 2.05) is 24.3 Å². The Bertz CT molecular complexity index is 494. The Balaban J connectivity index is 2.13. The molecule has 0 heterocycles.